The predicted octanol–water partition coefficient (Wildman–Crippen LogP) is 1.74. The molecular formula is C58H96IN13O15. The molecule has 0 aliphatic carbocycles. The van der Waals surface area contributed by atoms with E-state index >= 15 is 0 Å². The van der Waals surface area contributed by atoms with Gasteiger partial charge in [0.15, 0.2) is 0 Å². The number of aryl methyl sites for hydroxylation is 2. The molecule has 490 valence electrons. The molecule has 0 aromatic carbocycles. The summed E-state index contributed by atoms with van der Waals surface area (Å²) in [5.74, 6) is -4.28. The quantitative estimate of drug-likeness (QED) is 0.0203. The first-order valence-corrected chi connectivity index (χ1v) is 31.7. The van der Waals surface area contributed by atoms with Crippen LogP contribution in [0.15, 0.2) is 36.7 Å². The number of carbonyl (C=O) groups is 7. The molecule has 2 fully saturated rings. The summed E-state index contributed by atoms with van der Waals surface area (Å²) in [6.07, 6.45) is 15.1. The van der Waals surface area contributed by atoms with Gasteiger partial charge in [-0.1, -0.05) is 84.0 Å². The van der Waals surface area contributed by atoms with Gasteiger partial charge >= 0.3 is 11.9 Å². The first-order valence-electron chi connectivity index (χ1n) is 30.2. The van der Waals surface area contributed by atoms with Crippen LogP contribution in [0.2, 0.25) is 0 Å². The summed E-state index contributed by atoms with van der Waals surface area (Å²) in [4.78, 5) is 92.7. The number of halogens is 1. The van der Waals surface area contributed by atoms with Crippen molar-refractivity contribution in [2.45, 2.75) is 173 Å². The highest BCUT2D eigenvalue weighted by molar-refractivity contribution is 14.1. The summed E-state index contributed by atoms with van der Waals surface area (Å²) in [6.45, 7) is 13.6. The number of allylic oxidation sites excluding steroid dienone is 2. The molecule has 2 aliphatic heterocycles. The third kappa shape index (κ3) is 25.1. The highest BCUT2D eigenvalue weighted by Crippen LogP contribution is 2.34. The Bertz CT molecular complexity index is 2360. The van der Waals surface area contributed by atoms with E-state index in [0.29, 0.717) is 68.1 Å². The Labute approximate surface area is 524 Å². The highest BCUT2D eigenvalue weighted by Gasteiger charge is 2.49. The summed E-state index contributed by atoms with van der Waals surface area (Å²) in [7, 11) is 3.19. The zero-order chi connectivity index (χ0) is 63.8. The van der Waals surface area contributed by atoms with Crippen LogP contribution in [0, 0.1) is 11.8 Å². The van der Waals surface area contributed by atoms with Crippen molar-refractivity contribution in [2.75, 3.05) is 91.3 Å². The average molecular weight is 1340 g/mol. The minimum Gasteiger partial charge on any atom is -0.480 e. The van der Waals surface area contributed by atoms with Crippen molar-refractivity contribution in [3.05, 3.63) is 48.1 Å². The number of hydrogen-bond acceptors (Lipinski definition) is 19. The van der Waals surface area contributed by atoms with Crippen molar-refractivity contribution in [1.82, 2.24) is 66.8 Å². The molecule has 10 atom stereocenters. The summed E-state index contributed by atoms with van der Waals surface area (Å²) < 4.78 is 37.5. The number of nitrogens with zero attached hydrogens (tertiary/aromatic N) is 7. The number of carbonyl (C=O) groups excluding carboxylic acids is 5. The molecule has 0 radical (unpaired) electrons. The van der Waals surface area contributed by atoms with Gasteiger partial charge in [-0.05, 0) is 65.2 Å². The van der Waals surface area contributed by atoms with Crippen LogP contribution < -0.4 is 31.9 Å². The molecule has 5 amide bonds. The normalized spacial score (nSPS) is 20.7. The fourth-order valence-corrected chi connectivity index (χ4v) is 11.4. The molecule has 8 N–H and O–H groups in total. The molecule has 2 aromatic heterocycles. The lowest BCUT2D eigenvalue weighted by atomic mass is 9.81. The zero-order valence-corrected chi connectivity index (χ0v) is 54.1. The first-order chi connectivity index (χ1) is 41.8. The van der Waals surface area contributed by atoms with E-state index in [1.807, 2.05) is 65.8 Å². The average Bonchev–Trinajstić information content (AvgIpc) is 1.86. The van der Waals surface area contributed by atoms with Crippen molar-refractivity contribution in [3.8, 4) is 0 Å². The number of hydrogen-bond donors (Lipinski definition) is 8. The van der Waals surface area contributed by atoms with Gasteiger partial charge in [0.2, 0.25) is 29.5 Å². The Morgan fingerprint density at radius 3 is 1.43 bits per heavy atom. The van der Waals surface area contributed by atoms with Gasteiger partial charge in [-0.3, -0.25) is 53.6 Å². The number of ether oxygens (including phenoxy) is 6. The SMILES string of the molecule is C/C=C\[C@@H]1C[C@H](C(=O)O)N[C@H]1[C@@H](NC(=O)CCc1cn(CCNC(=O)CN(CC(=O)NCCn2cc(CCC(=O)N[C@H]([C@@H]3N[C@@H](C(=O)O)C[C@H]3/C=C\C)C(C)(CCC)OC)nn2)C(=O)CCOCCOCCOCCOCI)nn1)C(C)(CCC)OC. The Kier molecular flexibility index (Phi) is 33.5. The number of aromatic nitrogens is 6. The minimum atomic E-state index is -0.955. The maximum absolute atomic E-state index is 13.6. The van der Waals surface area contributed by atoms with Crippen molar-refractivity contribution >= 4 is 64.1 Å². The Balaban J connectivity index is 1.30. The Morgan fingerprint density at radius 2 is 1.06 bits per heavy atom. The molecule has 29 heteroatoms. The third-order valence-electron chi connectivity index (χ3n) is 15.7. The third-order valence-corrected chi connectivity index (χ3v) is 16.1. The molecule has 2 aliphatic rings. The fraction of sp³-hybridized carbons (Fsp3) is 0.741. The van der Waals surface area contributed by atoms with Gasteiger partial charge in [0.25, 0.3) is 0 Å². The van der Waals surface area contributed by atoms with Crippen LogP contribution in [0.5, 0.6) is 0 Å². The van der Waals surface area contributed by atoms with Crippen molar-refractivity contribution in [1.29, 1.82) is 0 Å². The van der Waals surface area contributed by atoms with Crippen molar-refractivity contribution in [3.63, 3.8) is 0 Å². The lowest BCUT2D eigenvalue weighted by Gasteiger charge is -2.42. The number of carboxylic acids is 2. The van der Waals surface area contributed by atoms with E-state index in [1.165, 1.54) is 9.36 Å². The van der Waals surface area contributed by atoms with Gasteiger partial charge in [0.05, 0.1) is 105 Å². The van der Waals surface area contributed by atoms with Gasteiger partial charge in [0.1, 0.15) is 25.2 Å². The van der Waals surface area contributed by atoms with Crippen LogP contribution in [0.3, 0.4) is 0 Å². The maximum atomic E-state index is 13.6. The van der Waals surface area contributed by atoms with Crippen molar-refractivity contribution in [2.24, 2.45) is 11.8 Å². The zero-order valence-electron chi connectivity index (χ0n) is 52.0. The topological polar surface area (TPSA) is 352 Å². The van der Waals surface area contributed by atoms with E-state index in [1.54, 1.807) is 26.6 Å². The molecule has 4 rings (SSSR count). The van der Waals surface area contributed by atoms with Crippen LogP contribution in [0.1, 0.15) is 111 Å². The second-order valence-corrected chi connectivity index (χ2v) is 22.8. The summed E-state index contributed by atoms with van der Waals surface area (Å²) in [6, 6.07) is -3.42. The minimum absolute atomic E-state index is 0.0144. The van der Waals surface area contributed by atoms with Crippen LogP contribution in [-0.4, -0.2) is 225 Å². The van der Waals surface area contributed by atoms with Gasteiger partial charge in [-0.2, -0.15) is 0 Å². The van der Waals surface area contributed by atoms with Gasteiger partial charge in [0, 0.05) is 77.5 Å². The molecule has 2 saturated heterocycles. The largest absolute Gasteiger partial charge is 0.480 e. The smallest absolute Gasteiger partial charge is 0.320 e. The number of amides is 5. The second-order valence-electron chi connectivity index (χ2n) is 22.1. The number of methoxy groups -OCH3 is 2. The van der Waals surface area contributed by atoms with E-state index in [-0.39, 0.29) is 102 Å². The standard InChI is InChI=1S/C58H96IN13O15/c1-9-13-40-33-44(55(78)79)62-51(40)53(57(5,82-7)20-11-3)64-46(73)17-15-42-35-71(68-66-42)24-22-60-48(75)37-70(50(77)19-26-84-27-28-85-29-30-86-31-32-87-39-59)38-49(76)61-23-25-72-36-43(67-69-72)16-18-47(74)65-54(58(6,83-8)21-12-4)52-41(14-10-2)34-45(63-52)56(80)81/h9-10,13-14,35-36,40-41,44-45,51-54,62-63H,11-12,15-34,37-39H2,1-8H3,(H,60,75)(H,61,76)(H,64,73)(H,65,74)(H,78,79)(H,80,81)/b13-9-,14-10-/t40-,41-,44-,45-,51-,52-,53-,54-,57?,58?/m1/s1. The van der Waals surface area contributed by atoms with E-state index in [0.717, 1.165) is 17.7 Å². The monoisotopic (exact) mass is 1340 g/mol. The number of nitrogens with one attached hydrogen (secondary N) is 6. The van der Waals surface area contributed by atoms with Crippen LogP contribution in [0.4, 0.5) is 0 Å². The maximum Gasteiger partial charge on any atom is 0.320 e. The number of aliphatic carboxylic acids is 2. The van der Waals surface area contributed by atoms with Gasteiger partial charge < -0.3 is 64.8 Å². The summed E-state index contributed by atoms with van der Waals surface area (Å²) in [5, 5.41) is 54.8. The van der Waals surface area contributed by atoms with E-state index < -0.39 is 90.2 Å². The molecule has 0 saturated carbocycles. The van der Waals surface area contributed by atoms with Crippen LogP contribution >= 0.6 is 22.6 Å². The van der Waals surface area contributed by atoms with Crippen molar-refractivity contribution < 1.29 is 72.2 Å². The number of rotatable bonds is 45. The number of carboxylic acid groups (broad SMARTS) is 2. The van der Waals surface area contributed by atoms with E-state index in [9.17, 15) is 43.8 Å². The molecule has 87 heavy (non-hydrogen) atoms. The van der Waals surface area contributed by atoms with E-state index in [2.05, 4.69) is 75.1 Å². The van der Waals surface area contributed by atoms with Gasteiger partial charge in [-0.15, -0.1) is 10.2 Å². The number of alkyl halides is 1. The predicted molar refractivity (Wildman–Crippen MR) is 328 cm³/mol. The lowest BCUT2D eigenvalue weighted by Crippen LogP contribution is -2.62. The molecule has 0 spiro atoms. The highest BCUT2D eigenvalue weighted by atomic mass is 127. The molecule has 28 nitrogen and oxygen atoms in total. The van der Waals surface area contributed by atoms with E-state index in [4.69, 9.17) is 28.4 Å². The first kappa shape index (κ1) is 73.9. The molecule has 0 bridgehead atoms. The summed E-state index contributed by atoms with van der Waals surface area (Å²) in [5.41, 5.74) is -0.509. The van der Waals surface area contributed by atoms with Crippen LogP contribution in [-0.2, 0) is 87.9 Å². The molecular weight excluding hydrogens is 1250 g/mol. The summed E-state index contributed by atoms with van der Waals surface area (Å²) >= 11 is 2.11. The molecule has 2 unspecified atom stereocenters. The Hall–Kier alpha value is -5.54. The second kappa shape index (κ2) is 39.5. The molecule has 2 aromatic rings. The fourth-order valence-electron chi connectivity index (χ4n) is 11.1. The van der Waals surface area contributed by atoms with Crippen LogP contribution in [0.25, 0.3) is 0 Å². The van der Waals surface area contributed by atoms with Gasteiger partial charge in [-0.25, -0.2) is 0 Å². The Morgan fingerprint density at radius 1 is 0.655 bits per heavy atom. The molecule has 4 heterocycles. The lowest BCUT2D eigenvalue weighted by molar-refractivity contribution is -0.140.